The Morgan fingerprint density at radius 1 is 1.21 bits per heavy atom. The van der Waals surface area contributed by atoms with Crippen molar-refractivity contribution in [3.05, 3.63) is 65.5 Å². The number of aromatic hydroxyl groups is 1. The molecule has 1 aromatic heterocycles. The first-order chi connectivity index (χ1) is 14.0. The van der Waals surface area contributed by atoms with E-state index in [0.29, 0.717) is 24.0 Å². The number of fused-ring (bicyclic) bond motifs is 2. The van der Waals surface area contributed by atoms with Gasteiger partial charge in [-0.2, -0.15) is 0 Å². The molecule has 1 aliphatic heterocycles. The van der Waals surface area contributed by atoms with Crippen LogP contribution < -0.4 is 19.8 Å². The topological polar surface area (TPSA) is 84.7 Å². The first-order valence-corrected chi connectivity index (χ1v) is 9.45. The monoisotopic (exact) mass is 393 g/mol. The second-order valence-corrected chi connectivity index (χ2v) is 7.34. The van der Waals surface area contributed by atoms with Gasteiger partial charge in [-0.1, -0.05) is 29.2 Å². The molecule has 1 atom stereocenters. The predicted octanol–water partition coefficient (Wildman–Crippen LogP) is 2.51. The SMILES string of the molecule is COc1ccccc1[C@@H]1c2ccc(O)cc2Oc2nc[n+](CCN(C)C)c(N)c21. The number of nitrogen functional groups attached to an aromatic ring is 1. The molecule has 0 fully saturated rings. The van der Waals surface area contributed by atoms with Crippen LogP contribution in [0.5, 0.6) is 23.1 Å². The lowest BCUT2D eigenvalue weighted by atomic mass is 9.83. The lowest BCUT2D eigenvalue weighted by Crippen LogP contribution is -2.43. The van der Waals surface area contributed by atoms with E-state index in [0.717, 1.165) is 29.0 Å². The van der Waals surface area contributed by atoms with Crippen LogP contribution in [0.4, 0.5) is 5.82 Å². The second kappa shape index (κ2) is 7.60. The van der Waals surface area contributed by atoms with E-state index in [1.54, 1.807) is 25.6 Å². The zero-order chi connectivity index (χ0) is 20.5. The Bertz CT molecular complexity index is 1050. The van der Waals surface area contributed by atoms with Crippen LogP contribution in [0.3, 0.4) is 0 Å². The molecule has 2 heterocycles. The number of aromatic nitrogens is 2. The molecule has 1 aliphatic rings. The Kier molecular flexibility index (Phi) is 4.98. The number of likely N-dealkylation sites (N-methyl/N-ethyl adjacent to an activating group) is 1. The van der Waals surface area contributed by atoms with E-state index in [2.05, 4.69) is 9.88 Å². The minimum Gasteiger partial charge on any atom is -0.508 e. The Morgan fingerprint density at radius 3 is 2.76 bits per heavy atom. The second-order valence-electron chi connectivity index (χ2n) is 7.34. The number of hydrogen-bond donors (Lipinski definition) is 2. The molecule has 4 rings (SSSR count). The number of nitrogens with two attached hydrogens (primary N) is 1. The molecule has 0 spiro atoms. The van der Waals surface area contributed by atoms with E-state index in [4.69, 9.17) is 15.2 Å². The minimum atomic E-state index is -0.232. The van der Waals surface area contributed by atoms with Crippen molar-refractivity contribution in [2.45, 2.75) is 12.5 Å². The van der Waals surface area contributed by atoms with Gasteiger partial charge in [0.2, 0.25) is 12.1 Å². The molecule has 2 aromatic carbocycles. The summed E-state index contributed by atoms with van der Waals surface area (Å²) >= 11 is 0. The van der Waals surface area contributed by atoms with Crippen LogP contribution in [0.2, 0.25) is 0 Å². The van der Waals surface area contributed by atoms with E-state index < -0.39 is 0 Å². The van der Waals surface area contributed by atoms with Crippen LogP contribution in [-0.2, 0) is 6.54 Å². The highest BCUT2D eigenvalue weighted by molar-refractivity contribution is 5.63. The lowest BCUT2D eigenvalue weighted by Gasteiger charge is -2.28. The Balaban J connectivity index is 1.93. The van der Waals surface area contributed by atoms with Crippen LogP contribution in [0.25, 0.3) is 0 Å². The van der Waals surface area contributed by atoms with Gasteiger partial charge in [0.25, 0.3) is 0 Å². The molecule has 3 N–H and O–H groups in total. The molecule has 0 unspecified atom stereocenters. The van der Waals surface area contributed by atoms with Crippen LogP contribution in [0.1, 0.15) is 22.6 Å². The maximum absolute atomic E-state index is 9.96. The summed E-state index contributed by atoms with van der Waals surface area (Å²) in [4.78, 5) is 6.63. The Labute approximate surface area is 169 Å². The lowest BCUT2D eigenvalue weighted by molar-refractivity contribution is -0.685. The fourth-order valence-electron chi connectivity index (χ4n) is 3.69. The molecule has 0 aliphatic carbocycles. The number of phenols is 1. The van der Waals surface area contributed by atoms with E-state index in [1.807, 2.05) is 49.0 Å². The van der Waals surface area contributed by atoms with E-state index in [-0.39, 0.29) is 11.7 Å². The van der Waals surface area contributed by atoms with Crippen molar-refractivity contribution in [2.24, 2.45) is 0 Å². The molecule has 29 heavy (non-hydrogen) atoms. The van der Waals surface area contributed by atoms with E-state index in [9.17, 15) is 5.11 Å². The van der Waals surface area contributed by atoms with Gasteiger partial charge < -0.3 is 25.2 Å². The molecule has 0 bridgehead atoms. The first kappa shape index (κ1) is 19.0. The van der Waals surface area contributed by atoms with Gasteiger partial charge in [-0.15, -0.1) is 0 Å². The number of ether oxygens (including phenoxy) is 2. The van der Waals surface area contributed by atoms with Gasteiger partial charge >= 0.3 is 5.88 Å². The first-order valence-electron chi connectivity index (χ1n) is 9.45. The standard InChI is InChI=1S/C22H24N4O3/c1-25(2)10-11-26-13-24-22-20(21(26)23)19(15-6-4-5-7-17(15)28-3)16-9-8-14(27)12-18(16)29-22/h4-9,12-13,19,23,27H,10-11H2,1-3H3/p+1/t19-/m1/s1. The summed E-state index contributed by atoms with van der Waals surface area (Å²) in [6, 6.07) is 13.0. The highest BCUT2D eigenvalue weighted by atomic mass is 16.5. The molecule has 150 valence electrons. The van der Waals surface area contributed by atoms with Crippen LogP contribution >= 0.6 is 0 Å². The van der Waals surface area contributed by atoms with Crippen molar-refractivity contribution in [1.82, 2.24) is 9.88 Å². The number of anilines is 1. The largest absolute Gasteiger partial charge is 0.508 e. The third kappa shape index (κ3) is 3.45. The van der Waals surface area contributed by atoms with Gasteiger partial charge in [0.05, 0.1) is 19.6 Å². The Hall–Kier alpha value is -3.32. The normalized spacial score (nSPS) is 14.8. The third-order valence-electron chi connectivity index (χ3n) is 5.17. The molecule has 0 radical (unpaired) electrons. The summed E-state index contributed by atoms with van der Waals surface area (Å²) in [6.07, 6.45) is 1.70. The number of benzene rings is 2. The molecule has 3 aromatic rings. The summed E-state index contributed by atoms with van der Waals surface area (Å²) in [6.45, 7) is 1.54. The fourth-order valence-corrected chi connectivity index (χ4v) is 3.69. The highest BCUT2D eigenvalue weighted by Gasteiger charge is 2.37. The van der Waals surface area contributed by atoms with Crippen LogP contribution in [0.15, 0.2) is 48.8 Å². The van der Waals surface area contributed by atoms with Crippen molar-refractivity contribution in [3.8, 4) is 23.1 Å². The molecule has 7 heteroatoms. The molecule has 0 amide bonds. The van der Waals surface area contributed by atoms with Gasteiger partial charge in [-0.25, -0.2) is 4.57 Å². The zero-order valence-electron chi connectivity index (χ0n) is 16.8. The highest BCUT2D eigenvalue weighted by Crippen LogP contribution is 2.50. The molecular weight excluding hydrogens is 368 g/mol. The maximum atomic E-state index is 9.96. The quantitative estimate of drug-likeness (QED) is 0.507. The van der Waals surface area contributed by atoms with Crippen molar-refractivity contribution in [1.29, 1.82) is 0 Å². The van der Waals surface area contributed by atoms with Crippen molar-refractivity contribution in [3.63, 3.8) is 0 Å². The van der Waals surface area contributed by atoms with Crippen molar-refractivity contribution in [2.75, 3.05) is 33.5 Å². The minimum absolute atomic E-state index is 0.135. The maximum Gasteiger partial charge on any atom is 0.306 e. The summed E-state index contributed by atoms with van der Waals surface area (Å²) < 4.78 is 13.6. The van der Waals surface area contributed by atoms with Crippen molar-refractivity contribution >= 4 is 5.82 Å². The fraction of sp³-hybridized carbons (Fsp3) is 0.273. The number of phenolic OH excluding ortho intramolecular Hbond substituents is 1. The zero-order valence-corrected chi connectivity index (χ0v) is 16.8. The average Bonchev–Trinajstić information content (AvgIpc) is 2.71. The predicted molar refractivity (Wildman–Crippen MR) is 110 cm³/mol. The molecule has 0 saturated heterocycles. The van der Waals surface area contributed by atoms with Gasteiger partial charge in [0, 0.05) is 23.7 Å². The average molecular weight is 393 g/mol. The molecule has 7 nitrogen and oxygen atoms in total. The summed E-state index contributed by atoms with van der Waals surface area (Å²) in [5.41, 5.74) is 9.30. The summed E-state index contributed by atoms with van der Waals surface area (Å²) in [5.74, 6) is 2.27. The summed E-state index contributed by atoms with van der Waals surface area (Å²) in [7, 11) is 5.69. The number of methoxy groups -OCH3 is 1. The number of rotatable bonds is 5. The van der Waals surface area contributed by atoms with Gasteiger partial charge in [-0.3, -0.25) is 0 Å². The third-order valence-corrected chi connectivity index (χ3v) is 5.17. The van der Waals surface area contributed by atoms with Crippen molar-refractivity contribution < 1.29 is 19.1 Å². The van der Waals surface area contributed by atoms with Gasteiger partial charge in [-0.05, 0) is 26.2 Å². The van der Waals surface area contributed by atoms with Crippen LogP contribution in [-0.4, -0.2) is 42.7 Å². The number of nitrogens with zero attached hydrogens (tertiary/aromatic N) is 3. The summed E-state index contributed by atoms with van der Waals surface area (Å²) in [5, 5.41) is 9.96. The van der Waals surface area contributed by atoms with Gasteiger partial charge in [0.1, 0.15) is 22.8 Å². The van der Waals surface area contributed by atoms with E-state index in [1.165, 1.54) is 0 Å². The smallest absolute Gasteiger partial charge is 0.306 e. The van der Waals surface area contributed by atoms with E-state index >= 15 is 0 Å². The number of hydrogen-bond acceptors (Lipinski definition) is 6. The molecular formula is C22H25N4O3+. The van der Waals surface area contributed by atoms with Gasteiger partial charge in [0.15, 0.2) is 0 Å². The number of para-hydroxylation sites is 1. The van der Waals surface area contributed by atoms with Crippen LogP contribution in [0, 0.1) is 0 Å². The molecule has 0 saturated carbocycles. The Morgan fingerprint density at radius 2 is 2.00 bits per heavy atom.